The molecule has 0 spiro atoms. The van der Waals surface area contributed by atoms with Crippen molar-refractivity contribution < 1.29 is 9.13 Å². The maximum atomic E-state index is 13.8. The van der Waals surface area contributed by atoms with E-state index in [1.165, 1.54) is 18.5 Å². The fourth-order valence-electron chi connectivity index (χ4n) is 2.62. The van der Waals surface area contributed by atoms with E-state index in [4.69, 9.17) is 16.3 Å². The van der Waals surface area contributed by atoms with E-state index < -0.39 is 0 Å². The van der Waals surface area contributed by atoms with Crippen LogP contribution in [0.25, 0.3) is 10.9 Å². The third kappa shape index (κ3) is 3.22. The Morgan fingerprint density at radius 2 is 2.09 bits per heavy atom. The average molecular weight is 335 g/mol. The quantitative estimate of drug-likeness (QED) is 0.724. The van der Waals surface area contributed by atoms with Gasteiger partial charge >= 0.3 is 0 Å². The van der Waals surface area contributed by atoms with Crippen LogP contribution in [0, 0.1) is 12.7 Å². The van der Waals surface area contributed by atoms with Crippen molar-refractivity contribution in [2.24, 2.45) is 0 Å². The zero-order valence-corrected chi connectivity index (χ0v) is 13.6. The second kappa shape index (κ2) is 6.42. The summed E-state index contributed by atoms with van der Waals surface area (Å²) in [6.07, 6.45) is 1.40. The van der Waals surface area contributed by atoms with Gasteiger partial charge in [-0.2, -0.15) is 0 Å². The number of halogens is 2. The van der Waals surface area contributed by atoms with E-state index in [0.29, 0.717) is 29.8 Å². The molecule has 0 amide bonds. The van der Waals surface area contributed by atoms with Gasteiger partial charge in [0, 0.05) is 36.3 Å². The fourth-order valence-corrected chi connectivity index (χ4v) is 2.76. The molecule has 1 N–H and O–H groups in total. The van der Waals surface area contributed by atoms with Crippen LogP contribution in [0.5, 0.6) is 5.75 Å². The van der Waals surface area contributed by atoms with E-state index in [1.807, 2.05) is 17.6 Å². The number of aromatic nitrogens is 3. The number of hydrogen-bond acceptors (Lipinski definition) is 4. The minimum Gasteiger partial charge on any atom is -0.496 e. The Kier molecular flexibility index (Phi) is 4.34. The van der Waals surface area contributed by atoms with Crippen LogP contribution in [0.1, 0.15) is 5.69 Å². The normalized spacial score (nSPS) is 11.0. The summed E-state index contributed by atoms with van der Waals surface area (Å²) in [4.78, 5) is 7.92. The summed E-state index contributed by atoms with van der Waals surface area (Å²) in [7, 11) is 1.54. The summed E-state index contributed by atoms with van der Waals surface area (Å²) in [5, 5.41) is 4.46. The molecule has 0 saturated carbocycles. The molecule has 0 atom stereocenters. The molecular formula is C16H16ClFN4O. The van der Waals surface area contributed by atoms with Crippen LogP contribution in [0.3, 0.4) is 0 Å². The van der Waals surface area contributed by atoms with E-state index in [2.05, 4.69) is 15.3 Å². The van der Waals surface area contributed by atoms with Gasteiger partial charge in [0.05, 0.1) is 12.6 Å². The molecule has 0 bridgehead atoms. The van der Waals surface area contributed by atoms with Crippen molar-refractivity contribution in [2.75, 3.05) is 19.0 Å². The molecule has 0 aliphatic carbocycles. The monoisotopic (exact) mass is 334 g/mol. The Bertz CT molecular complexity index is 849. The van der Waals surface area contributed by atoms with Crippen LogP contribution in [0.15, 0.2) is 30.6 Å². The first-order valence-electron chi connectivity index (χ1n) is 7.13. The Labute approximate surface area is 138 Å². The Balaban J connectivity index is 1.82. The van der Waals surface area contributed by atoms with Gasteiger partial charge in [-0.15, -0.1) is 0 Å². The van der Waals surface area contributed by atoms with Gasteiger partial charge in [-0.3, -0.25) is 0 Å². The van der Waals surface area contributed by atoms with Crippen LogP contribution in [-0.4, -0.2) is 28.2 Å². The van der Waals surface area contributed by atoms with Crippen molar-refractivity contribution in [1.82, 2.24) is 14.5 Å². The summed E-state index contributed by atoms with van der Waals surface area (Å²) >= 11 is 5.83. The van der Waals surface area contributed by atoms with E-state index in [-0.39, 0.29) is 5.82 Å². The van der Waals surface area contributed by atoms with Gasteiger partial charge in [-0.1, -0.05) is 11.6 Å². The first-order valence-corrected chi connectivity index (χ1v) is 7.51. The van der Waals surface area contributed by atoms with Crippen LogP contribution in [0.4, 0.5) is 10.2 Å². The molecule has 1 aromatic carbocycles. The number of hydrogen-bond donors (Lipinski definition) is 1. The standard InChI is InChI=1S/C16H16ClFN4O/c1-10-5-12-13(6-11(18)7-14(12)23-2)22(10)4-3-19-16-8-15(17)20-9-21-16/h5-9H,3-4H2,1-2H3,(H,19,20,21). The number of ether oxygens (including phenoxy) is 1. The van der Waals surface area contributed by atoms with E-state index in [1.54, 1.807) is 13.2 Å². The molecule has 0 radical (unpaired) electrons. The minimum atomic E-state index is -0.316. The van der Waals surface area contributed by atoms with Gasteiger partial charge in [0.15, 0.2) is 0 Å². The first kappa shape index (κ1) is 15.6. The van der Waals surface area contributed by atoms with E-state index in [0.717, 1.165) is 16.6 Å². The molecule has 5 nitrogen and oxygen atoms in total. The summed E-state index contributed by atoms with van der Waals surface area (Å²) in [5.74, 6) is 0.879. The molecule has 0 unspecified atom stereocenters. The topological polar surface area (TPSA) is 52.0 Å². The van der Waals surface area contributed by atoms with Crippen molar-refractivity contribution in [1.29, 1.82) is 0 Å². The van der Waals surface area contributed by atoms with E-state index >= 15 is 0 Å². The number of methoxy groups -OCH3 is 1. The Hall–Kier alpha value is -2.34. The molecular weight excluding hydrogens is 319 g/mol. The molecule has 0 fully saturated rings. The SMILES string of the molecule is COc1cc(F)cc2c1cc(C)n2CCNc1cc(Cl)ncn1. The molecule has 120 valence electrons. The number of fused-ring (bicyclic) bond motifs is 1. The molecule has 2 aromatic heterocycles. The van der Waals surface area contributed by atoms with E-state index in [9.17, 15) is 4.39 Å². The second-order valence-electron chi connectivity index (χ2n) is 5.13. The van der Waals surface area contributed by atoms with Gasteiger partial charge < -0.3 is 14.6 Å². The van der Waals surface area contributed by atoms with Crippen molar-refractivity contribution in [3.63, 3.8) is 0 Å². The van der Waals surface area contributed by atoms with Crippen molar-refractivity contribution in [3.8, 4) is 5.75 Å². The highest BCUT2D eigenvalue weighted by atomic mass is 35.5. The van der Waals surface area contributed by atoms with Crippen LogP contribution in [-0.2, 0) is 6.54 Å². The number of anilines is 1. The summed E-state index contributed by atoms with van der Waals surface area (Å²) in [5.41, 5.74) is 1.84. The average Bonchev–Trinajstić information content (AvgIpc) is 2.83. The molecule has 0 saturated heterocycles. The highest BCUT2D eigenvalue weighted by Crippen LogP contribution is 2.30. The van der Waals surface area contributed by atoms with Crippen LogP contribution in [0.2, 0.25) is 5.15 Å². The molecule has 7 heteroatoms. The zero-order chi connectivity index (χ0) is 16.4. The van der Waals surface area contributed by atoms with Crippen LogP contribution >= 0.6 is 11.6 Å². The number of benzene rings is 1. The predicted octanol–water partition coefficient (Wildman–Crippen LogP) is 3.65. The lowest BCUT2D eigenvalue weighted by atomic mass is 10.2. The molecule has 0 aliphatic rings. The summed E-state index contributed by atoms with van der Waals surface area (Å²) in [6.45, 7) is 3.26. The number of aryl methyl sites for hydroxylation is 1. The Morgan fingerprint density at radius 3 is 2.83 bits per heavy atom. The third-order valence-electron chi connectivity index (χ3n) is 3.65. The molecule has 3 rings (SSSR count). The molecule has 2 heterocycles. The van der Waals surface area contributed by atoms with Gasteiger partial charge in [-0.05, 0) is 19.1 Å². The first-order chi connectivity index (χ1) is 11.1. The van der Waals surface area contributed by atoms with Gasteiger partial charge in [0.2, 0.25) is 0 Å². The maximum Gasteiger partial charge on any atom is 0.134 e. The number of nitrogens with zero attached hydrogens (tertiary/aromatic N) is 3. The van der Waals surface area contributed by atoms with Gasteiger partial charge in [0.25, 0.3) is 0 Å². The molecule has 0 aliphatic heterocycles. The van der Waals surface area contributed by atoms with Gasteiger partial charge in [0.1, 0.15) is 28.9 Å². The fraction of sp³-hybridized carbons (Fsp3) is 0.250. The van der Waals surface area contributed by atoms with Gasteiger partial charge in [-0.25, -0.2) is 14.4 Å². The Morgan fingerprint density at radius 1 is 1.26 bits per heavy atom. The number of rotatable bonds is 5. The maximum absolute atomic E-state index is 13.8. The largest absolute Gasteiger partial charge is 0.496 e. The van der Waals surface area contributed by atoms with Crippen molar-refractivity contribution in [3.05, 3.63) is 47.3 Å². The molecule has 3 aromatic rings. The highest BCUT2D eigenvalue weighted by molar-refractivity contribution is 6.29. The summed E-state index contributed by atoms with van der Waals surface area (Å²) in [6, 6.07) is 6.57. The predicted molar refractivity (Wildman–Crippen MR) is 88.7 cm³/mol. The summed E-state index contributed by atoms with van der Waals surface area (Å²) < 4.78 is 21.1. The third-order valence-corrected chi connectivity index (χ3v) is 3.86. The lowest BCUT2D eigenvalue weighted by Gasteiger charge is -2.11. The molecule has 23 heavy (non-hydrogen) atoms. The lowest BCUT2D eigenvalue weighted by Crippen LogP contribution is -2.12. The number of nitrogens with one attached hydrogen (secondary N) is 1. The van der Waals surface area contributed by atoms with Crippen molar-refractivity contribution >= 4 is 28.3 Å². The zero-order valence-electron chi connectivity index (χ0n) is 12.8. The lowest BCUT2D eigenvalue weighted by molar-refractivity contribution is 0.416. The van der Waals surface area contributed by atoms with Crippen molar-refractivity contribution in [2.45, 2.75) is 13.5 Å². The highest BCUT2D eigenvalue weighted by Gasteiger charge is 2.12. The second-order valence-corrected chi connectivity index (χ2v) is 5.52. The minimum absolute atomic E-state index is 0.316. The van der Waals surface area contributed by atoms with Crippen LogP contribution < -0.4 is 10.1 Å². The smallest absolute Gasteiger partial charge is 0.134 e.